The summed E-state index contributed by atoms with van der Waals surface area (Å²) in [4.78, 5) is 73.1. The number of ether oxygens (including phenoxy) is 4. The summed E-state index contributed by atoms with van der Waals surface area (Å²) in [7, 11) is -9.92. The minimum absolute atomic E-state index is 0.108. The van der Waals surface area contributed by atoms with Gasteiger partial charge in [0.2, 0.25) is 0 Å². The highest BCUT2D eigenvalue weighted by atomic mass is 31.2. The van der Waals surface area contributed by atoms with Gasteiger partial charge in [-0.05, 0) is 43.4 Å². The van der Waals surface area contributed by atoms with Crippen LogP contribution >= 0.6 is 15.6 Å². The average Bonchev–Trinajstić information content (AvgIpc) is 0.908. The Balaban J connectivity index is 5.21. The topological polar surface area (TPSA) is 237 Å². The summed E-state index contributed by atoms with van der Waals surface area (Å²) in [5.41, 5.74) is 0. The van der Waals surface area contributed by atoms with Crippen molar-refractivity contribution in [3.63, 3.8) is 0 Å². The first-order valence-electron chi connectivity index (χ1n) is 43.8. The molecule has 3 N–H and O–H groups in total. The van der Waals surface area contributed by atoms with E-state index in [1.54, 1.807) is 0 Å². The summed E-state index contributed by atoms with van der Waals surface area (Å²) >= 11 is 0. The van der Waals surface area contributed by atoms with Crippen LogP contribution in [0.25, 0.3) is 0 Å². The number of phosphoric ester groups is 2. The Hall–Kier alpha value is -1.94. The highest BCUT2D eigenvalue weighted by Crippen LogP contribution is 2.45. The smallest absolute Gasteiger partial charge is 0.462 e. The number of phosphoric acid groups is 2. The molecule has 0 aliphatic carbocycles. The second kappa shape index (κ2) is 75.1. The van der Waals surface area contributed by atoms with Crippen molar-refractivity contribution in [3.05, 3.63) is 0 Å². The van der Waals surface area contributed by atoms with Gasteiger partial charge >= 0.3 is 39.5 Å². The highest BCUT2D eigenvalue weighted by molar-refractivity contribution is 7.47. The molecular weight excluding hydrogens is 1350 g/mol. The molecule has 17 nitrogen and oxygen atoms in total. The Morgan fingerprint density at radius 2 is 0.442 bits per heavy atom. The van der Waals surface area contributed by atoms with Crippen molar-refractivity contribution < 1.29 is 80.2 Å². The minimum atomic E-state index is -4.96. The van der Waals surface area contributed by atoms with Gasteiger partial charge in [-0.1, -0.05) is 395 Å². The fourth-order valence-electron chi connectivity index (χ4n) is 13.2. The van der Waals surface area contributed by atoms with E-state index in [1.807, 2.05) is 0 Å². The Morgan fingerprint density at radius 3 is 0.654 bits per heavy atom. The lowest BCUT2D eigenvalue weighted by Gasteiger charge is -2.21. The second-order valence-corrected chi connectivity index (χ2v) is 34.9. The molecule has 0 aromatic carbocycles. The highest BCUT2D eigenvalue weighted by Gasteiger charge is 2.30. The summed E-state index contributed by atoms with van der Waals surface area (Å²) in [6.45, 7) is 12.0. The van der Waals surface area contributed by atoms with E-state index in [0.29, 0.717) is 25.7 Å². The lowest BCUT2D eigenvalue weighted by Crippen LogP contribution is -2.30. The second-order valence-electron chi connectivity index (χ2n) is 32.0. The maximum Gasteiger partial charge on any atom is 0.472 e. The number of hydrogen-bond donors (Lipinski definition) is 3. The summed E-state index contributed by atoms with van der Waals surface area (Å²) in [5.74, 6) is 0.309. The zero-order valence-corrected chi connectivity index (χ0v) is 70.3. The Bertz CT molecular complexity index is 2010. The van der Waals surface area contributed by atoms with Crippen molar-refractivity contribution in [2.75, 3.05) is 39.6 Å². The first kappa shape index (κ1) is 102. The molecule has 0 saturated carbocycles. The minimum Gasteiger partial charge on any atom is -0.462 e. The molecule has 0 aliphatic rings. The SMILES string of the molecule is CCCCCCCCCCCC(=O)OC[C@H](COP(=O)(O)OC[C@H](O)COP(=O)(O)OC[C@@H](COC(=O)CCCCCCCCCCCCCCCCC(C)C)OC(=O)CCCCCCCCCCCCCCCCCCCCC(C)C)OC(=O)CCCCCCCCCCCCCCCCC(C)C. The third-order valence-electron chi connectivity index (χ3n) is 19.9. The molecule has 0 radical (unpaired) electrons. The molecule has 104 heavy (non-hydrogen) atoms. The van der Waals surface area contributed by atoms with Crippen LogP contribution in [0.5, 0.6) is 0 Å². The van der Waals surface area contributed by atoms with Crippen LogP contribution in [0.4, 0.5) is 0 Å². The van der Waals surface area contributed by atoms with Crippen molar-refractivity contribution in [1.29, 1.82) is 0 Å². The zero-order valence-electron chi connectivity index (χ0n) is 68.5. The number of aliphatic hydroxyl groups is 1. The fraction of sp³-hybridized carbons (Fsp3) is 0.953. The molecule has 0 bridgehead atoms. The molecule has 0 aromatic heterocycles. The molecule has 5 atom stereocenters. The van der Waals surface area contributed by atoms with Gasteiger partial charge in [-0.25, -0.2) is 9.13 Å². The molecule has 0 aromatic rings. The molecule has 0 amide bonds. The normalized spacial score (nSPS) is 13.9. The van der Waals surface area contributed by atoms with Gasteiger partial charge in [0.05, 0.1) is 26.4 Å². The zero-order chi connectivity index (χ0) is 76.5. The van der Waals surface area contributed by atoms with Crippen LogP contribution < -0.4 is 0 Å². The average molecular weight is 1520 g/mol. The number of aliphatic hydroxyl groups excluding tert-OH is 1. The van der Waals surface area contributed by atoms with E-state index in [4.69, 9.17) is 37.0 Å². The van der Waals surface area contributed by atoms with Gasteiger partial charge in [-0.2, -0.15) is 0 Å². The van der Waals surface area contributed by atoms with Crippen LogP contribution in [0.15, 0.2) is 0 Å². The number of esters is 4. The number of unbranched alkanes of at least 4 members (excludes halogenated alkanes) is 51. The molecule has 618 valence electrons. The maximum atomic E-state index is 13.1. The fourth-order valence-corrected chi connectivity index (χ4v) is 14.8. The first-order chi connectivity index (χ1) is 50.2. The maximum absolute atomic E-state index is 13.1. The van der Waals surface area contributed by atoms with Crippen LogP contribution in [-0.4, -0.2) is 96.7 Å². The molecule has 0 saturated heterocycles. The van der Waals surface area contributed by atoms with E-state index in [2.05, 4.69) is 48.5 Å². The van der Waals surface area contributed by atoms with Gasteiger partial charge in [0.15, 0.2) is 12.2 Å². The summed E-state index contributed by atoms with van der Waals surface area (Å²) in [6, 6.07) is 0. The molecule has 0 spiro atoms. The van der Waals surface area contributed by atoms with Gasteiger partial charge in [-0.3, -0.25) is 37.3 Å². The van der Waals surface area contributed by atoms with Gasteiger partial charge in [0.25, 0.3) is 0 Å². The Kier molecular flexibility index (Phi) is 73.7. The lowest BCUT2D eigenvalue weighted by atomic mass is 10.0. The Labute approximate surface area is 638 Å². The summed E-state index contributed by atoms with van der Waals surface area (Å²) in [6.07, 6.45) is 65.3. The standard InChI is InChI=1S/C85H166O17P2/c1-8-9-10-11-12-35-45-52-59-66-82(87)95-72-80(101-84(89)69-62-55-48-41-34-28-22-20-25-31-38-44-51-58-65-78(6)7)74-99-103(91,92)97-70-79(86)71-98-104(93,94)100-75-81(73-96-83(88)67-60-53-46-39-32-26-21-19-24-30-37-43-50-57-64-77(4)5)102-85(90)68-61-54-47-40-33-27-18-16-14-13-15-17-23-29-36-42-49-56-63-76(2)3/h76-81,86H,8-75H2,1-7H3,(H,91,92)(H,93,94)/t79-,80+,81+/m0/s1. The van der Waals surface area contributed by atoms with Gasteiger partial charge in [-0.15, -0.1) is 0 Å². The van der Waals surface area contributed by atoms with Gasteiger partial charge in [0, 0.05) is 25.7 Å². The third-order valence-corrected chi connectivity index (χ3v) is 21.8. The predicted octanol–water partition coefficient (Wildman–Crippen LogP) is 25.7. The van der Waals surface area contributed by atoms with E-state index in [0.717, 1.165) is 108 Å². The van der Waals surface area contributed by atoms with E-state index in [1.165, 1.54) is 257 Å². The number of carbonyl (C=O) groups excluding carboxylic acids is 4. The van der Waals surface area contributed by atoms with Gasteiger partial charge in [0.1, 0.15) is 19.3 Å². The molecule has 0 fully saturated rings. The number of hydrogen-bond acceptors (Lipinski definition) is 15. The molecule has 0 rings (SSSR count). The summed E-state index contributed by atoms with van der Waals surface area (Å²) < 4.78 is 68.8. The number of carbonyl (C=O) groups is 4. The van der Waals surface area contributed by atoms with E-state index >= 15 is 0 Å². The van der Waals surface area contributed by atoms with E-state index in [9.17, 15) is 43.2 Å². The monoisotopic (exact) mass is 1520 g/mol. The van der Waals surface area contributed by atoms with Gasteiger partial charge < -0.3 is 33.8 Å². The number of rotatable bonds is 83. The van der Waals surface area contributed by atoms with Crippen molar-refractivity contribution in [2.45, 2.75) is 465 Å². The molecule has 0 aliphatic heterocycles. The predicted molar refractivity (Wildman–Crippen MR) is 428 cm³/mol. The summed E-state index contributed by atoms with van der Waals surface area (Å²) in [5, 5.41) is 10.7. The van der Waals surface area contributed by atoms with E-state index in [-0.39, 0.29) is 25.7 Å². The molecule has 2 unspecified atom stereocenters. The van der Waals surface area contributed by atoms with Crippen molar-refractivity contribution in [1.82, 2.24) is 0 Å². The lowest BCUT2D eigenvalue weighted by molar-refractivity contribution is -0.161. The Morgan fingerprint density at radius 1 is 0.260 bits per heavy atom. The van der Waals surface area contributed by atoms with Crippen LogP contribution in [0.1, 0.15) is 447 Å². The molecule has 0 heterocycles. The van der Waals surface area contributed by atoms with Crippen LogP contribution in [0.2, 0.25) is 0 Å². The largest absolute Gasteiger partial charge is 0.472 e. The van der Waals surface area contributed by atoms with Crippen molar-refractivity contribution >= 4 is 39.5 Å². The van der Waals surface area contributed by atoms with Crippen molar-refractivity contribution in [2.24, 2.45) is 17.8 Å². The van der Waals surface area contributed by atoms with Crippen LogP contribution in [0.3, 0.4) is 0 Å². The molecular formula is C85H166O17P2. The quantitative estimate of drug-likeness (QED) is 0.0222. The third kappa shape index (κ3) is 78.2. The van der Waals surface area contributed by atoms with Crippen molar-refractivity contribution in [3.8, 4) is 0 Å². The van der Waals surface area contributed by atoms with E-state index < -0.39 is 97.5 Å². The first-order valence-corrected chi connectivity index (χ1v) is 46.8. The molecule has 19 heteroatoms. The van der Waals surface area contributed by atoms with Crippen LogP contribution in [-0.2, 0) is 65.4 Å². The van der Waals surface area contributed by atoms with Crippen LogP contribution in [0, 0.1) is 17.8 Å².